The zero-order chi connectivity index (χ0) is 21.8. The highest BCUT2D eigenvalue weighted by Crippen LogP contribution is 2.28. The lowest BCUT2D eigenvalue weighted by atomic mass is 9.95. The maximum atomic E-state index is 12.3. The summed E-state index contributed by atoms with van der Waals surface area (Å²) in [6.45, 7) is 1.92. The van der Waals surface area contributed by atoms with Crippen LogP contribution in [0.4, 0.5) is 5.69 Å². The Morgan fingerprint density at radius 3 is 3.03 bits per heavy atom. The highest BCUT2D eigenvalue weighted by molar-refractivity contribution is 5.93. The van der Waals surface area contributed by atoms with Gasteiger partial charge in [0, 0.05) is 47.9 Å². The number of anilines is 1. The number of piperidine rings is 1. The molecule has 1 atom stereocenters. The van der Waals surface area contributed by atoms with Crippen LogP contribution in [0.3, 0.4) is 0 Å². The van der Waals surface area contributed by atoms with E-state index in [0.29, 0.717) is 17.5 Å². The molecule has 162 valence electrons. The fourth-order valence-corrected chi connectivity index (χ4v) is 3.96. The number of aromatic nitrogens is 4. The van der Waals surface area contributed by atoms with Crippen LogP contribution in [0.15, 0.2) is 67.1 Å². The molecule has 5 rings (SSSR count). The Balaban J connectivity index is 1.34. The number of pyridine rings is 3. The van der Waals surface area contributed by atoms with Gasteiger partial charge < -0.3 is 15.4 Å². The second-order valence-electron chi connectivity index (χ2n) is 7.80. The lowest BCUT2D eigenvalue weighted by molar-refractivity contribution is -0.118. The van der Waals surface area contributed by atoms with Gasteiger partial charge in [0.15, 0.2) is 6.61 Å². The molecular weight excluding hydrogens is 404 g/mol. The van der Waals surface area contributed by atoms with Crippen molar-refractivity contribution in [1.82, 2.24) is 24.9 Å². The zero-order valence-electron chi connectivity index (χ0n) is 17.6. The third-order valence-corrected chi connectivity index (χ3v) is 5.56. The number of ether oxygens (including phenoxy) is 1. The minimum atomic E-state index is -0.258. The molecule has 4 aromatic heterocycles. The van der Waals surface area contributed by atoms with Crippen LogP contribution in [0, 0.1) is 0 Å². The van der Waals surface area contributed by atoms with E-state index in [1.54, 1.807) is 28.9 Å². The molecule has 0 bridgehead atoms. The molecule has 1 aliphatic heterocycles. The molecule has 1 unspecified atom stereocenters. The molecule has 32 heavy (non-hydrogen) atoms. The van der Waals surface area contributed by atoms with Crippen molar-refractivity contribution in [2.24, 2.45) is 0 Å². The van der Waals surface area contributed by atoms with Gasteiger partial charge in [0.25, 0.3) is 5.91 Å². The Hall–Kier alpha value is -3.78. The molecule has 1 saturated heterocycles. The molecule has 0 saturated carbocycles. The number of nitrogens with one attached hydrogen (secondary N) is 2. The second-order valence-corrected chi connectivity index (χ2v) is 7.80. The van der Waals surface area contributed by atoms with E-state index >= 15 is 0 Å². The van der Waals surface area contributed by atoms with Crippen molar-refractivity contribution < 1.29 is 9.53 Å². The fraction of sp³-hybridized carbons (Fsp3) is 0.250. The van der Waals surface area contributed by atoms with E-state index in [4.69, 9.17) is 9.72 Å². The summed E-state index contributed by atoms with van der Waals surface area (Å²) in [4.78, 5) is 21.3. The Bertz CT molecular complexity index is 1220. The molecule has 1 amide bonds. The number of fused-ring (bicyclic) bond motifs is 1. The van der Waals surface area contributed by atoms with Crippen LogP contribution in [0.5, 0.6) is 5.88 Å². The predicted octanol–water partition coefficient (Wildman–Crippen LogP) is 3.28. The van der Waals surface area contributed by atoms with Crippen molar-refractivity contribution in [3.63, 3.8) is 0 Å². The van der Waals surface area contributed by atoms with E-state index in [1.807, 2.05) is 30.6 Å². The molecule has 0 spiro atoms. The van der Waals surface area contributed by atoms with E-state index in [1.165, 1.54) is 6.42 Å². The van der Waals surface area contributed by atoms with E-state index in [0.717, 1.165) is 42.0 Å². The predicted molar refractivity (Wildman–Crippen MR) is 122 cm³/mol. The van der Waals surface area contributed by atoms with Crippen molar-refractivity contribution in [3.05, 3.63) is 72.8 Å². The lowest BCUT2D eigenvalue weighted by Gasteiger charge is -2.22. The van der Waals surface area contributed by atoms with Gasteiger partial charge in [-0.3, -0.25) is 9.78 Å². The van der Waals surface area contributed by atoms with Gasteiger partial charge in [-0.1, -0.05) is 12.1 Å². The molecule has 0 aliphatic carbocycles. The fourth-order valence-electron chi connectivity index (χ4n) is 3.96. The Kier molecular flexibility index (Phi) is 5.76. The summed E-state index contributed by atoms with van der Waals surface area (Å²) in [6, 6.07) is 15.2. The zero-order valence-corrected chi connectivity index (χ0v) is 17.6. The Labute approximate surface area is 185 Å². The van der Waals surface area contributed by atoms with Crippen molar-refractivity contribution in [3.8, 4) is 17.1 Å². The van der Waals surface area contributed by atoms with Gasteiger partial charge in [0.05, 0.1) is 17.4 Å². The normalized spacial score (nSPS) is 16.1. The van der Waals surface area contributed by atoms with Crippen LogP contribution in [-0.2, 0) is 4.79 Å². The molecule has 4 aromatic rings. The second kappa shape index (κ2) is 9.15. The van der Waals surface area contributed by atoms with Crippen LogP contribution in [0.2, 0.25) is 0 Å². The van der Waals surface area contributed by atoms with E-state index in [-0.39, 0.29) is 12.5 Å². The number of amides is 1. The van der Waals surface area contributed by atoms with Crippen LogP contribution < -0.4 is 15.4 Å². The van der Waals surface area contributed by atoms with Crippen molar-refractivity contribution in [2.75, 3.05) is 25.0 Å². The number of carbonyl (C=O) groups is 1. The van der Waals surface area contributed by atoms with E-state index < -0.39 is 0 Å². The highest BCUT2D eigenvalue weighted by Gasteiger charge is 2.18. The van der Waals surface area contributed by atoms with Gasteiger partial charge in [-0.05, 0) is 49.7 Å². The molecule has 5 heterocycles. The molecule has 0 aromatic carbocycles. The largest absolute Gasteiger partial charge is 0.468 e. The van der Waals surface area contributed by atoms with Crippen molar-refractivity contribution in [2.45, 2.75) is 18.8 Å². The first kappa shape index (κ1) is 20.1. The van der Waals surface area contributed by atoms with Gasteiger partial charge in [0.2, 0.25) is 5.88 Å². The van der Waals surface area contributed by atoms with Gasteiger partial charge in [-0.25, -0.2) is 9.50 Å². The maximum Gasteiger partial charge on any atom is 0.262 e. The molecule has 1 fully saturated rings. The smallest absolute Gasteiger partial charge is 0.262 e. The SMILES string of the molecule is O=C(COc1ccccn1)Nc1ccn2ncc(-c3cccc(C4CCCNC4)n3)c2c1. The summed E-state index contributed by atoms with van der Waals surface area (Å²) in [7, 11) is 0. The van der Waals surface area contributed by atoms with Crippen LogP contribution in [0.25, 0.3) is 16.8 Å². The highest BCUT2D eigenvalue weighted by atomic mass is 16.5. The quantitative estimate of drug-likeness (QED) is 0.490. The first-order valence-electron chi connectivity index (χ1n) is 10.8. The van der Waals surface area contributed by atoms with Gasteiger partial charge in [0.1, 0.15) is 0 Å². The lowest BCUT2D eigenvalue weighted by Crippen LogP contribution is -2.28. The summed E-state index contributed by atoms with van der Waals surface area (Å²) in [5.41, 5.74) is 4.45. The topological polar surface area (TPSA) is 93.4 Å². The summed E-state index contributed by atoms with van der Waals surface area (Å²) >= 11 is 0. The standard InChI is InChI=1S/C24H24N6O2/c31-23(16-32-24-8-1-2-11-26-24)28-18-9-12-30-22(13-18)19(15-27-30)21-7-3-6-20(29-21)17-5-4-10-25-14-17/h1-3,6-9,11-13,15,17,25H,4-5,10,14,16H2,(H,28,31). The van der Waals surface area contributed by atoms with Gasteiger partial charge >= 0.3 is 0 Å². The van der Waals surface area contributed by atoms with E-state index in [2.05, 4.69) is 32.8 Å². The maximum absolute atomic E-state index is 12.3. The molecule has 0 radical (unpaired) electrons. The Morgan fingerprint density at radius 1 is 1.22 bits per heavy atom. The molecule has 8 heteroatoms. The molecule has 8 nitrogen and oxygen atoms in total. The average molecular weight is 428 g/mol. The summed E-state index contributed by atoms with van der Waals surface area (Å²) in [6.07, 6.45) is 7.57. The number of hydrogen-bond acceptors (Lipinski definition) is 6. The first-order chi connectivity index (χ1) is 15.8. The monoisotopic (exact) mass is 428 g/mol. The number of nitrogens with zero attached hydrogens (tertiary/aromatic N) is 4. The number of carbonyl (C=O) groups excluding carboxylic acids is 1. The Morgan fingerprint density at radius 2 is 2.19 bits per heavy atom. The number of rotatable bonds is 6. The van der Waals surface area contributed by atoms with E-state index in [9.17, 15) is 4.79 Å². The van der Waals surface area contributed by atoms with Gasteiger partial charge in [-0.2, -0.15) is 5.10 Å². The van der Waals surface area contributed by atoms with Crippen LogP contribution >= 0.6 is 0 Å². The third-order valence-electron chi connectivity index (χ3n) is 5.56. The molecule has 1 aliphatic rings. The van der Waals surface area contributed by atoms with Gasteiger partial charge in [-0.15, -0.1) is 0 Å². The average Bonchev–Trinajstić information content (AvgIpc) is 3.27. The molecule has 2 N–H and O–H groups in total. The molecular formula is C24H24N6O2. The van der Waals surface area contributed by atoms with Crippen molar-refractivity contribution >= 4 is 17.1 Å². The minimum absolute atomic E-state index is 0.118. The summed E-state index contributed by atoms with van der Waals surface area (Å²) in [5.74, 6) is 0.584. The summed E-state index contributed by atoms with van der Waals surface area (Å²) in [5, 5.41) is 10.8. The van der Waals surface area contributed by atoms with Crippen LogP contribution in [0.1, 0.15) is 24.5 Å². The van der Waals surface area contributed by atoms with Crippen molar-refractivity contribution in [1.29, 1.82) is 0 Å². The third kappa shape index (κ3) is 4.45. The first-order valence-corrected chi connectivity index (χ1v) is 10.8. The minimum Gasteiger partial charge on any atom is -0.468 e. The number of hydrogen-bond donors (Lipinski definition) is 2. The summed E-state index contributed by atoms with van der Waals surface area (Å²) < 4.78 is 7.20. The van der Waals surface area contributed by atoms with Crippen LogP contribution in [-0.4, -0.2) is 45.2 Å².